The van der Waals surface area contributed by atoms with Crippen molar-refractivity contribution in [2.45, 2.75) is 44.8 Å². The van der Waals surface area contributed by atoms with Crippen LogP contribution in [0.2, 0.25) is 0 Å². The summed E-state index contributed by atoms with van der Waals surface area (Å²) in [4.78, 5) is 4.38. The first kappa shape index (κ1) is 14.5. The van der Waals surface area contributed by atoms with Crippen molar-refractivity contribution in [3.05, 3.63) is 35.8 Å². The predicted octanol–water partition coefficient (Wildman–Crippen LogP) is 4.57. The van der Waals surface area contributed by atoms with Gasteiger partial charge in [0.15, 0.2) is 0 Å². The molecule has 1 aliphatic heterocycles. The maximum absolute atomic E-state index is 5.82. The minimum Gasteiger partial charge on any atom is -0.382 e. The van der Waals surface area contributed by atoms with Crippen LogP contribution in [0.1, 0.15) is 32.6 Å². The van der Waals surface area contributed by atoms with E-state index in [-0.39, 0.29) is 0 Å². The lowest BCUT2D eigenvalue weighted by molar-refractivity contribution is 0.00598. The number of nitrogens with one attached hydrogen (secondary N) is 1. The van der Waals surface area contributed by atoms with Crippen molar-refractivity contribution in [2.75, 3.05) is 11.9 Å². The van der Waals surface area contributed by atoms with Crippen molar-refractivity contribution >= 4 is 17.0 Å². The first-order valence-electron chi connectivity index (χ1n) is 7.73. The van der Waals surface area contributed by atoms with E-state index in [9.17, 15) is 0 Å². The average Bonchev–Trinajstić information content (AvgIpc) is 3.03. The monoisotopic (exact) mass is 302 g/mol. The Morgan fingerprint density at radius 2 is 2.38 bits per heavy atom. The Hall–Kier alpha value is -1.39. The molecule has 0 spiro atoms. The van der Waals surface area contributed by atoms with Crippen LogP contribution in [0, 0.1) is 0 Å². The summed E-state index contributed by atoms with van der Waals surface area (Å²) in [6.45, 7) is 3.09. The van der Waals surface area contributed by atoms with Gasteiger partial charge < -0.3 is 10.1 Å². The lowest BCUT2D eigenvalue weighted by Crippen LogP contribution is -2.33. The molecular weight excluding hydrogens is 280 g/mol. The van der Waals surface area contributed by atoms with Crippen molar-refractivity contribution in [1.29, 1.82) is 0 Å². The van der Waals surface area contributed by atoms with Gasteiger partial charge in [-0.2, -0.15) is 0 Å². The molecule has 1 aliphatic rings. The van der Waals surface area contributed by atoms with Gasteiger partial charge in [-0.1, -0.05) is 25.5 Å². The van der Waals surface area contributed by atoms with Crippen LogP contribution >= 0.6 is 11.3 Å². The van der Waals surface area contributed by atoms with E-state index in [0.717, 1.165) is 30.9 Å². The van der Waals surface area contributed by atoms with Gasteiger partial charge in [0, 0.05) is 35.5 Å². The molecule has 2 unspecified atom stereocenters. The maximum atomic E-state index is 5.82. The van der Waals surface area contributed by atoms with Crippen LogP contribution < -0.4 is 5.32 Å². The molecule has 2 aromatic rings. The number of hydrogen-bond acceptors (Lipinski definition) is 4. The van der Waals surface area contributed by atoms with Gasteiger partial charge in [-0.15, -0.1) is 11.3 Å². The summed E-state index contributed by atoms with van der Waals surface area (Å²) >= 11 is 1.68. The van der Waals surface area contributed by atoms with Crippen LogP contribution in [0.5, 0.6) is 0 Å². The molecule has 1 N–H and O–H groups in total. The van der Waals surface area contributed by atoms with E-state index in [4.69, 9.17) is 4.74 Å². The highest BCUT2D eigenvalue weighted by atomic mass is 32.1. The van der Waals surface area contributed by atoms with Gasteiger partial charge in [-0.05, 0) is 31.4 Å². The molecule has 1 aromatic heterocycles. The zero-order valence-electron chi connectivity index (χ0n) is 12.4. The lowest BCUT2D eigenvalue weighted by Gasteiger charge is -2.30. The van der Waals surface area contributed by atoms with Gasteiger partial charge in [-0.25, -0.2) is 4.98 Å². The SMILES string of the molecule is CCCC1CC(Nc2cccc(-c3nccs3)c2)CCO1. The lowest BCUT2D eigenvalue weighted by atomic mass is 9.99. The minimum atomic E-state index is 0.420. The third-order valence-corrected chi connectivity index (χ3v) is 4.71. The zero-order chi connectivity index (χ0) is 14.5. The molecule has 1 saturated heterocycles. The number of aromatic nitrogens is 1. The van der Waals surface area contributed by atoms with Gasteiger partial charge in [0.2, 0.25) is 0 Å². The van der Waals surface area contributed by atoms with Crippen LogP contribution in [-0.2, 0) is 4.74 Å². The minimum absolute atomic E-state index is 0.420. The van der Waals surface area contributed by atoms with Gasteiger partial charge in [-0.3, -0.25) is 0 Å². The third kappa shape index (κ3) is 3.83. The Kier molecular flexibility index (Phi) is 4.88. The van der Waals surface area contributed by atoms with Crippen molar-refractivity contribution in [3.63, 3.8) is 0 Å². The van der Waals surface area contributed by atoms with E-state index in [1.807, 2.05) is 11.6 Å². The fourth-order valence-electron chi connectivity index (χ4n) is 2.88. The molecule has 0 saturated carbocycles. The highest BCUT2D eigenvalue weighted by Gasteiger charge is 2.21. The smallest absolute Gasteiger partial charge is 0.123 e. The second-order valence-electron chi connectivity index (χ2n) is 5.57. The van der Waals surface area contributed by atoms with Crippen molar-refractivity contribution < 1.29 is 4.74 Å². The molecule has 1 aromatic carbocycles. The average molecular weight is 302 g/mol. The number of hydrogen-bond donors (Lipinski definition) is 1. The zero-order valence-corrected chi connectivity index (χ0v) is 13.2. The predicted molar refractivity (Wildman–Crippen MR) is 88.8 cm³/mol. The molecule has 0 amide bonds. The van der Waals surface area contributed by atoms with E-state index in [2.05, 4.69) is 41.5 Å². The van der Waals surface area contributed by atoms with Gasteiger partial charge in [0.25, 0.3) is 0 Å². The molecule has 2 atom stereocenters. The third-order valence-electron chi connectivity index (χ3n) is 3.89. The number of anilines is 1. The highest BCUT2D eigenvalue weighted by Crippen LogP contribution is 2.26. The molecule has 112 valence electrons. The Labute approximate surface area is 130 Å². The van der Waals surface area contributed by atoms with E-state index in [0.29, 0.717) is 12.1 Å². The number of rotatable bonds is 5. The first-order chi connectivity index (χ1) is 10.3. The molecule has 4 heteroatoms. The van der Waals surface area contributed by atoms with Crippen LogP contribution in [0.25, 0.3) is 10.6 Å². The largest absolute Gasteiger partial charge is 0.382 e. The molecule has 21 heavy (non-hydrogen) atoms. The van der Waals surface area contributed by atoms with E-state index < -0.39 is 0 Å². The standard InChI is InChI=1S/C17H22N2OS/c1-2-4-16-12-15(7-9-20-16)19-14-6-3-5-13(11-14)17-18-8-10-21-17/h3,5-6,8,10-11,15-16,19H,2,4,7,9,12H2,1H3. The van der Waals surface area contributed by atoms with Crippen LogP contribution in [0.4, 0.5) is 5.69 Å². The van der Waals surface area contributed by atoms with E-state index in [1.54, 1.807) is 11.3 Å². The van der Waals surface area contributed by atoms with Gasteiger partial charge >= 0.3 is 0 Å². The number of benzene rings is 1. The molecule has 1 fully saturated rings. The summed E-state index contributed by atoms with van der Waals surface area (Å²) in [5, 5.41) is 6.76. The Morgan fingerprint density at radius 3 is 3.19 bits per heavy atom. The Bertz CT molecular complexity index is 554. The summed E-state index contributed by atoms with van der Waals surface area (Å²) in [6.07, 6.45) is 6.82. The van der Waals surface area contributed by atoms with E-state index in [1.165, 1.54) is 17.7 Å². The maximum Gasteiger partial charge on any atom is 0.123 e. The summed E-state index contributed by atoms with van der Waals surface area (Å²) in [6, 6.07) is 9.07. The van der Waals surface area contributed by atoms with Crippen LogP contribution in [0.15, 0.2) is 35.8 Å². The number of thiazole rings is 1. The highest BCUT2D eigenvalue weighted by molar-refractivity contribution is 7.13. The molecule has 0 aliphatic carbocycles. The molecule has 0 bridgehead atoms. The summed E-state index contributed by atoms with van der Waals surface area (Å²) in [5.41, 5.74) is 2.37. The molecule has 2 heterocycles. The topological polar surface area (TPSA) is 34.2 Å². The summed E-state index contributed by atoms with van der Waals surface area (Å²) in [7, 11) is 0. The van der Waals surface area contributed by atoms with Crippen molar-refractivity contribution in [1.82, 2.24) is 4.98 Å². The van der Waals surface area contributed by atoms with Crippen molar-refractivity contribution in [3.8, 4) is 10.6 Å². The second kappa shape index (κ2) is 7.05. The van der Waals surface area contributed by atoms with Crippen LogP contribution in [-0.4, -0.2) is 23.7 Å². The van der Waals surface area contributed by atoms with Gasteiger partial charge in [0.1, 0.15) is 5.01 Å². The summed E-state index contributed by atoms with van der Waals surface area (Å²) in [5.74, 6) is 0. The van der Waals surface area contributed by atoms with Gasteiger partial charge in [0.05, 0.1) is 6.10 Å². The molecule has 3 rings (SSSR count). The fourth-order valence-corrected chi connectivity index (χ4v) is 3.51. The number of ether oxygens (including phenoxy) is 1. The quantitative estimate of drug-likeness (QED) is 0.878. The Balaban J connectivity index is 1.66. The second-order valence-corrected chi connectivity index (χ2v) is 6.46. The fraction of sp³-hybridized carbons (Fsp3) is 0.471. The normalized spacial score (nSPS) is 22.1. The first-order valence-corrected chi connectivity index (χ1v) is 8.61. The molecule has 0 radical (unpaired) electrons. The number of nitrogens with zero attached hydrogens (tertiary/aromatic N) is 1. The van der Waals surface area contributed by atoms with Crippen LogP contribution in [0.3, 0.4) is 0 Å². The summed E-state index contributed by atoms with van der Waals surface area (Å²) < 4.78 is 5.82. The molecular formula is C17H22N2OS. The molecule has 3 nitrogen and oxygen atoms in total. The van der Waals surface area contributed by atoms with E-state index >= 15 is 0 Å². The Morgan fingerprint density at radius 1 is 1.43 bits per heavy atom. The van der Waals surface area contributed by atoms with Crippen molar-refractivity contribution in [2.24, 2.45) is 0 Å².